The fourth-order valence-electron chi connectivity index (χ4n) is 0.744. The van der Waals surface area contributed by atoms with E-state index in [1.54, 1.807) is 0 Å². The van der Waals surface area contributed by atoms with Gasteiger partial charge in [-0.1, -0.05) is 13.3 Å². The normalized spacial score (nSPS) is 15.7. The molecule has 0 aromatic carbocycles. The Balaban J connectivity index is 4.39. The molecule has 0 heterocycles. The fourth-order valence-corrected chi connectivity index (χ4v) is 4.98. The van der Waals surface area contributed by atoms with Crippen molar-refractivity contribution < 1.29 is 22.9 Å². The maximum absolute atomic E-state index is 11.0. The molecule has 0 aliphatic rings. The molecule has 0 aliphatic heterocycles. The first-order valence-corrected chi connectivity index (χ1v) is 8.24. The number of hydrogen-bond acceptors (Lipinski definition) is 5. The Morgan fingerprint density at radius 1 is 1.44 bits per heavy atom. The first-order chi connectivity index (χ1) is 7.29. The van der Waals surface area contributed by atoms with Crippen LogP contribution in [0.4, 0.5) is 0 Å². The van der Waals surface area contributed by atoms with E-state index in [4.69, 9.17) is 9.66 Å². The van der Waals surface area contributed by atoms with Gasteiger partial charge >= 0.3 is 5.97 Å². The van der Waals surface area contributed by atoms with Crippen molar-refractivity contribution in [2.45, 2.75) is 35.9 Å². The summed E-state index contributed by atoms with van der Waals surface area (Å²) in [6.45, 7) is 3.36. The Morgan fingerprint density at radius 2 is 2.00 bits per heavy atom. The van der Waals surface area contributed by atoms with E-state index in [0.29, 0.717) is 5.75 Å². The van der Waals surface area contributed by atoms with Gasteiger partial charge in [-0.15, -0.1) is 23.5 Å². The zero-order valence-electron chi connectivity index (χ0n) is 9.12. The van der Waals surface area contributed by atoms with Gasteiger partial charge in [0.05, 0.1) is 0 Å². The number of aliphatic carboxylic acids is 1. The van der Waals surface area contributed by atoms with E-state index in [1.165, 1.54) is 6.92 Å². The summed E-state index contributed by atoms with van der Waals surface area (Å²) in [7, 11) is -4.21. The minimum Gasteiger partial charge on any atom is -0.480 e. The van der Waals surface area contributed by atoms with Crippen molar-refractivity contribution in [1.29, 1.82) is 0 Å². The molecule has 8 heteroatoms. The average Bonchev–Trinajstić information content (AvgIpc) is 2.14. The molecule has 0 fully saturated rings. The van der Waals surface area contributed by atoms with Crippen LogP contribution >= 0.6 is 23.5 Å². The van der Waals surface area contributed by atoms with Crippen molar-refractivity contribution in [3.05, 3.63) is 0 Å². The van der Waals surface area contributed by atoms with E-state index in [2.05, 4.69) is 0 Å². The SMILES string of the molecule is CCCCSC(SC(C)C(=O)O)S(=O)(=O)O. The quantitative estimate of drug-likeness (QED) is 0.400. The minimum atomic E-state index is -4.21. The summed E-state index contributed by atoms with van der Waals surface area (Å²) in [6, 6.07) is 0. The summed E-state index contributed by atoms with van der Waals surface area (Å²) in [5, 5.41) is 7.80. The molecular formula is C8H16O5S3. The van der Waals surface area contributed by atoms with Gasteiger partial charge < -0.3 is 5.11 Å². The Morgan fingerprint density at radius 3 is 2.38 bits per heavy atom. The summed E-state index contributed by atoms with van der Waals surface area (Å²) < 4.78 is 29.8. The Labute approximate surface area is 104 Å². The van der Waals surface area contributed by atoms with Gasteiger partial charge in [0.2, 0.25) is 0 Å². The molecule has 96 valence electrons. The van der Waals surface area contributed by atoms with E-state index >= 15 is 0 Å². The highest BCUT2D eigenvalue weighted by molar-refractivity contribution is 8.29. The zero-order chi connectivity index (χ0) is 12.8. The predicted molar refractivity (Wildman–Crippen MR) is 67.4 cm³/mol. The molecule has 5 nitrogen and oxygen atoms in total. The monoisotopic (exact) mass is 288 g/mol. The smallest absolute Gasteiger partial charge is 0.316 e. The van der Waals surface area contributed by atoms with Crippen LogP contribution in [0.2, 0.25) is 0 Å². The van der Waals surface area contributed by atoms with E-state index in [1.807, 2.05) is 6.92 Å². The molecule has 0 saturated heterocycles. The number of hydrogen-bond donors (Lipinski definition) is 2. The summed E-state index contributed by atoms with van der Waals surface area (Å²) in [5.41, 5.74) is 0. The van der Waals surface area contributed by atoms with Crippen LogP contribution < -0.4 is 0 Å². The molecular weight excluding hydrogens is 272 g/mol. The van der Waals surface area contributed by atoms with E-state index in [-0.39, 0.29) is 0 Å². The third kappa shape index (κ3) is 6.62. The molecule has 0 rings (SSSR count). The van der Waals surface area contributed by atoms with Crippen LogP contribution in [0.3, 0.4) is 0 Å². The predicted octanol–water partition coefficient (Wildman–Crippen LogP) is 1.90. The van der Waals surface area contributed by atoms with Gasteiger partial charge in [0.15, 0.2) is 3.91 Å². The molecule has 0 radical (unpaired) electrons. The Bertz CT molecular complexity index is 314. The number of unbranched alkanes of at least 4 members (excludes halogenated alkanes) is 1. The maximum Gasteiger partial charge on any atom is 0.316 e. The number of rotatable bonds is 8. The van der Waals surface area contributed by atoms with Gasteiger partial charge in [0, 0.05) is 0 Å². The molecule has 0 spiro atoms. The molecule has 0 aromatic heterocycles. The second-order valence-electron chi connectivity index (χ2n) is 3.14. The topological polar surface area (TPSA) is 91.7 Å². The first-order valence-electron chi connectivity index (χ1n) is 4.75. The van der Waals surface area contributed by atoms with Crippen LogP contribution in [0.5, 0.6) is 0 Å². The van der Waals surface area contributed by atoms with Crippen LogP contribution in [0.1, 0.15) is 26.7 Å². The minimum absolute atomic E-state index is 0.584. The van der Waals surface area contributed by atoms with Crippen molar-refractivity contribution in [3.8, 4) is 0 Å². The standard InChI is InChI=1S/C8H16O5S3/c1-3-4-5-14-8(16(11,12)13)15-6(2)7(9)10/h6,8H,3-5H2,1-2H3,(H,9,10)(H,11,12,13). The third-order valence-electron chi connectivity index (χ3n) is 1.66. The summed E-state index contributed by atoms with van der Waals surface area (Å²) in [5.74, 6) is -0.505. The molecule has 0 amide bonds. The van der Waals surface area contributed by atoms with Crippen LogP contribution in [0, 0.1) is 0 Å². The van der Waals surface area contributed by atoms with Crippen molar-refractivity contribution in [2.75, 3.05) is 5.75 Å². The number of carboxylic acid groups (broad SMARTS) is 1. The van der Waals surface area contributed by atoms with Crippen LogP contribution in [0.15, 0.2) is 0 Å². The summed E-state index contributed by atoms with van der Waals surface area (Å²) in [4.78, 5) is 10.6. The Hall–Kier alpha value is 0.0800. The first kappa shape index (κ1) is 16.1. The summed E-state index contributed by atoms with van der Waals surface area (Å²) in [6.07, 6.45) is 1.75. The van der Waals surface area contributed by atoms with E-state index in [9.17, 15) is 13.2 Å². The number of carboxylic acids is 1. The van der Waals surface area contributed by atoms with Gasteiger partial charge in [-0.3, -0.25) is 9.35 Å². The maximum atomic E-state index is 11.0. The van der Waals surface area contributed by atoms with E-state index in [0.717, 1.165) is 36.4 Å². The third-order valence-corrected chi connectivity index (χ3v) is 6.72. The lowest BCUT2D eigenvalue weighted by atomic mass is 10.4. The molecule has 0 aromatic rings. The van der Waals surface area contributed by atoms with Gasteiger partial charge in [-0.2, -0.15) is 8.42 Å². The lowest BCUT2D eigenvalue weighted by Gasteiger charge is -2.15. The van der Waals surface area contributed by atoms with Crippen LogP contribution in [0.25, 0.3) is 0 Å². The number of thioether (sulfide) groups is 2. The second-order valence-corrected chi connectivity index (χ2v) is 8.20. The Kier molecular flexibility index (Phi) is 7.45. The van der Waals surface area contributed by atoms with Crippen LogP contribution in [-0.4, -0.2) is 39.0 Å². The summed E-state index contributed by atoms with van der Waals surface area (Å²) >= 11 is 1.80. The van der Waals surface area contributed by atoms with Gasteiger partial charge in [0.25, 0.3) is 10.1 Å². The van der Waals surface area contributed by atoms with Crippen molar-refractivity contribution in [1.82, 2.24) is 0 Å². The molecule has 0 saturated carbocycles. The van der Waals surface area contributed by atoms with Gasteiger partial charge in [-0.25, -0.2) is 0 Å². The molecule has 16 heavy (non-hydrogen) atoms. The van der Waals surface area contributed by atoms with Crippen molar-refractivity contribution in [3.63, 3.8) is 0 Å². The van der Waals surface area contributed by atoms with Crippen molar-refractivity contribution in [2.24, 2.45) is 0 Å². The molecule has 2 unspecified atom stereocenters. The van der Waals surface area contributed by atoms with Crippen LogP contribution in [-0.2, 0) is 14.9 Å². The van der Waals surface area contributed by atoms with Crippen molar-refractivity contribution >= 4 is 39.6 Å². The number of carbonyl (C=O) groups is 1. The largest absolute Gasteiger partial charge is 0.480 e. The highest BCUT2D eigenvalue weighted by atomic mass is 32.3. The molecule has 2 atom stereocenters. The average molecular weight is 288 g/mol. The van der Waals surface area contributed by atoms with E-state index < -0.39 is 25.3 Å². The van der Waals surface area contributed by atoms with Gasteiger partial charge in [0.1, 0.15) is 5.25 Å². The fraction of sp³-hybridized carbons (Fsp3) is 0.875. The highest BCUT2D eigenvalue weighted by Crippen LogP contribution is 2.32. The molecule has 0 bridgehead atoms. The highest BCUT2D eigenvalue weighted by Gasteiger charge is 2.28. The van der Waals surface area contributed by atoms with Gasteiger partial charge in [-0.05, 0) is 19.1 Å². The second kappa shape index (κ2) is 7.41. The lowest BCUT2D eigenvalue weighted by Crippen LogP contribution is -2.21. The zero-order valence-corrected chi connectivity index (χ0v) is 11.6. The molecule has 0 aliphatic carbocycles. The lowest BCUT2D eigenvalue weighted by molar-refractivity contribution is -0.136. The molecule has 2 N–H and O–H groups in total.